The standard InChI is InChI=1S/C38H31N3O6S2/c1-46-21-15-13-20(14-16-21)41-36(43)31-24-17-25(32(31)37(41)44)33-30(24)29(34-35(48-33)40-38(45)49-34)23-10-4-5-12-27(23)47-18-28(42)39-26-11-6-8-19-7-2-3-9-22(19)26/h2-16,24-25,29-33H,17-18H2,1H3,(H,39,42)(H,40,45)/t24-,25-,29+,30-,31+,32+,33-/m1/s1. The second-order valence-electron chi connectivity index (χ2n) is 13.1. The Bertz CT molecular complexity index is 2210. The number of hydrogen-bond acceptors (Lipinski definition) is 8. The van der Waals surface area contributed by atoms with Crippen LogP contribution in [0, 0.1) is 29.6 Å². The van der Waals surface area contributed by atoms with Crippen molar-refractivity contribution in [3.05, 3.63) is 111 Å². The Balaban J connectivity index is 1.03. The third kappa shape index (κ3) is 4.74. The molecule has 4 aliphatic rings. The number of thiazole rings is 1. The predicted octanol–water partition coefficient (Wildman–Crippen LogP) is 6.29. The first-order chi connectivity index (χ1) is 23.9. The van der Waals surface area contributed by atoms with Crippen LogP contribution in [0.25, 0.3) is 10.8 Å². The summed E-state index contributed by atoms with van der Waals surface area (Å²) in [6.45, 7) is -0.202. The van der Waals surface area contributed by atoms with Crippen molar-refractivity contribution in [3.8, 4) is 11.5 Å². The highest BCUT2D eigenvalue weighted by Gasteiger charge is 2.69. The van der Waals surface area contributed by atoms with Crippen LogP contribution in [-0.2, 0) is 14.4 Å². The van der Waals surface area contributed by atoms with Crippen LogP contribution >= 0.6 is 23.1 Å². The lowest BCUT2D eigenvalue weighted by Gasteiger charge is -2.43. The molecule has 7 atom stereocenters. The molecule has 4 aromatic carbocycles. The highest BCUT2D eigenvalue weighted by molar-refractivity contribution is 8.00. The highest BCUT2D eigenvalue weighted by atomic mass is 32.2. The van der Waals surface area contributed by atoms with Gasteiger partial charge in [-0.1, -0.05) is 65.9 Å². The van der Waals surface area contributed by atoms with E-state index < -0.39 is 11.8 Å². The molecule has 2 aliphatic carbocycles. The summed E-state index contributed by atoms with van der Waals surface area (Å²) in [6, 6.07) is 28.4. The average Bonchev–Trinajstić information content (AvgIpc) is 3.86. The van der Waals surface area contributed by atoms with Crippen molar-refractivity contribution >= 4 is 63.0 Å². The van der Waals surface area contributed by atoms with Gasteiger partial charge in [-0.25, -0.2) is 0 Å². The fourth-order valence-electron chi connectivity index (χ4n) is 8.88. The molecule has 11 heteroatoms. The number of carbonyl (C=O) groups excluding carboxylic acids is 3. The van der Waals surface area contributed by atoms with Gasteiger partial charge in [-0.15, -0.1) is 11.8 Å². The molecule has 0 spiro atoms. The maximum atomic E-state index is 14.1. The molecule has 49 heavy (non-hydrogen) atoms. The summed E-state index contributed by atoms with van der Waals surface area (Å²) < 4.78 is 11.6. The van der Waals surface area contributed by atoms with Gasteiger partial charge >= 0.3 is 4.87 Å². The first kappa shape index (κ1) is 30.2. The molecule has 2 bridgehead atoms. The van der Waals surface area contributed by atoms with Gasteiger partial charge in [0.05, 0.1) is 29.7 Å². The van der Waals surface area contributed by atoms with E-state index in [0.29, 0.717) is 22.9 Å². The lowest BCUT2D eigenvalue weighted by molar-refractivity contribution is -0.123. The number of ether oxygens (including phenoxy) is 2. The largest absolute Gasteiger partial charge is 0.497 e. The van der Waals surface area contributed by atoms with Gasteiger partial charge in [0, 0.05) is 32.7 Å². The number of para-hydroxylation sites is 1. The summed E-state index contributed by atoms with van der Waals surface area (Å²) in [5, 5.41) is 5.82. The molecule has 1 saturated heterocycles. The smallest absolute Gasteiger partial charge is 0.305 e. The first-order valence-electron chi connectivity index (χ1n) is 16.3. The monoisotopic (exact) mass is 689 g/mol. The SMILES string of the molecule is COc1ccc(N2C(=O)[C@H]3[C@H]4C[C@@H]([C@@H]3C2=O)[C@@H]2[C@H](c3ccccc3OCC(=O)Nc3cccc5ccccc35)c3sc(=O)[nH]c3S[C@H]42)cc1. The average molecular weight is 690 g/mol. The van der Waals surface area contributed by atoms with Crippen LogP contribution in [0.5, 0.6) is 11.5 Å². The summed E-state index contributed by atoms with van der Waals surface area (Å²) >= 11 is 2.83. The quantitative estimate of drug-likeness (QED) is 0.193. The van der Waals surface area contributed by atoms with E-state index in [1.165, 1.54) is 16.2 Å². The van der Waals surface area contributed by atoms with Crippen molar-refractivity contribution in [2.24, 2.45) is 29.6 Å². The summed E-state index contributed by atoms with van der Waals surface area (Å²) in [4.78, 5) is 59.3. The van der Waals surface area contributed by atoms with E-state index >= 15 is 0 Å². The number of H-pyrrole nitrogens is 1. The molecule has 2 N–H and O–H groups in total. The van der Waals surface area contributed by atoms with Crippen LogP contribution < -0.4 is 24.6 Å². The Morgan fingerprint density at radius 3 is 2.45 bits per heavy atom. The maximum Gasteiger partial charge on any atom is 0.305 e. The van der Waals surface area contributed by atoms with Gasteiger partial charge in [0.1, 0.15) is 11.5 Å². The number of nitrogens with one attached hydrogen (secondary N) is 2. The zero-order valence-corrected chi connectivity index (χ0v) is 28.0. The topological polar surface area (TPSA) is 118 Å². The van der Waals surface area contributed by atoms with Crippen LogP contribution in [0.1, 0.15) is 22.8 Å². The van der Waals surface area contributed by atoms with Gasteiger partial charge < -0.3 is 19.8 Å². The second-order valence-corrected chi connectivity index (χ2v) is 15.3. The summed E-state index contributed by atoms with van der Waals surface area (Å²) in [6.07, 6.45) is 0.776. The number of carbonyl (C=O) groups is 3. The van der Waals surface area contributed by atoms with Crippen molar-refractivity contribution in [1.29, 1.82) is 0 Å². The number of thioether (sulfide) groups is 1. The van der Waals surface area contributed by atoms with Crippen LogP contribution in [-0.4, -0.2) is 41.7 Å². The fraction of sp³-hybridized carbons (Fsp3) is 0.263. The summed E-state index contributed by atoms with van der Waals surface area (Å²) in [5.41, 5.74) is 2.14. The van der Waals surface area contributed by atoms with E-state index in [1.807, 2.05) is 66.7 Å². The molecule has 3 fully saturated rings. The number of rotatable bonds is 7. The van der Waals surface area contributed by atoms with Crippen LogP contribution in [0.4, 0.5) is 11.4 Å². The maximum absolute atomic E-state index is 14.1. The number of hydrogen-bond donors (Lipinski definition) is 2. The van der Waals surface area contributed by atoms with E-state index in [0.717, 1.165) is 32.7 Å². The number of aromatic nitrogens is 1. The number of methoxy groups -OCH3 is 1. The van der Waals surface area contributed by atoms with Crippen molar-refractivity contribution in [3.63, 3.8) is 0 Å². The molecule has 9 rings (SSSR count). The number of aromatic amines is 1. The third-order valence-corrected chi connectivity index (χ3v) is 13.3. The first-order valence-corrected chi connectivity index (χ1v) is 18.0. The van der Waals surface area contributed by atoms with Crippen molar-refractivity contribution in [2.75, 3.05) is 23.9 Å². The molecule has 5 aromatic rings. The fourth-order valence-corrected chi connectivity index (χ4v) is 11.8. The minimum Gasteiger partial charge on any atom is -0.497 e. The third-order valence-electron chi connectivity index (χ3n) is 10.7. The van der Waals surface area contributed by atoms with Crippen molar-refractivity contribution in [2.45, 2.75) is 22.6 Å². The zero-order valence-electron chi connectivity index (χ0n) is 26.3. The Morgan fingerprint density at radius 2 is 1.63 bits per heavy atom. The van der Waals surface area contributed by atoms with Gasteiger partial charge in [0.25, 0.3) is 5.91 Å². The Morgan fingerprint density at radius 1 is 0.898 bits per heavy atom. The van der Waals surface area contributed by atoms with Crippen LogP contribution in [0.2, 0.25) is 0 Å². The molecular formula is C38H31N3O6S2. The molecule has 1 aromatic heterocycles. The molecule has 0 radical (unpaired) electrons. The predicted molar refractivity (Wildman–Crippen MR) is 188 cm³/mol. The Labute approximate surface area is 289 Å². The van der Waals surface area contributed by atoms with Gasteiger partial charge in [0.15, 0.2) is 6.61 Å². The molecule has 9 nitrogen and oxygen atoms in total. The molecule has 3 amide bonds. The van der Waals surface area contributed by atoms with Crippen LogP contribution in [0.3, 0.4) is 0 Å². The van der Waals surface area contributed by atoms with E-state index in [2.05, 4.69) is 10.3 Å². The van der Waals surface area contributed by atoms with E-state index in [1.54, 1.807) is 43.1 Å². The van der Waals surface area contributed by atoms with Crippen LogP contribution in [0.15, 0.2) is 101 Å². The van der Waals surface area contributed by atoms with Gasteiger partial charge in [-0.05, 0) is 66.0 Å². The minimum atomic E-state index is -0.430. The van der Waals surface area contributed by atoms with Gasteiger partial charge in [-0.3, -0.25) is 24.1 Å². The van der Waals surface area contributed by atoms with E-state index in [-0.39, 0.29) is 58.1 Å². The number of anilines is 2. The van der Waals surface area contributed by atoms with E-state index in [9.17, 15) is 19.2 Å². The summed E-state index contributed by atoms with van der Waals surface area (Å²) in [7, 11) is 1.58. The normalized spacial score (nSPS) is 26.4. The molecule has 0 unspecified atom stereocenters. The summed E-state index contributed by atoms with van der Waals surface area (Å²) in [5.74, 6) is -0.502. The number of amides is 3. The Hall–Kier alpha value is -4.87. The zero-order chi connectivity index (χ0) is 33.4. The van der Waals surface area contributed by atoms with Crippen molar-refractivity contribution < 1.29 is 23.9 Å². The molecule has 3 heterocycles. The van der Waals surface area contributed by atoms with Gasteiger partial charge in [0.2, 0.25) is 11.8 Å². The minimum absolute atomic E-state index is 0.00275. The van der Waals surface area contributed by atoms with E-state index in [4.69, 9.17) is 9.47 Å². The molecule has 2 aliphatic heterocycles. The lowest BCUT2D eigenvalue weighted by atomic mass is 9.68. The van der Waals surface area contributed by atoms with Gasteiger partial charge in [-0.2, -0.15) is 0 Å². The highest BCUT2D eigenvalue weighted by Crippen LogP contribution is 2.69. The molecule has 246 valence electrons. The number of benzene rings is 4. The number of nitrogens with zero attached hydrogens (tertiary/aromatic N) is 1. The molecular weight excluding hydrogens is 659 g/mol. The Kier molecular flexibility index (Phi) is 7.17. The number of imide groups is 1. The molecule has 2 saturated carbocycles. The van der Waals surface area contributed by atoms with Crippen molar-refractivity contribution in [1.82, 2.24) is 4.98 Å². The second kappa shape index (κ2) is 11.6. The lowest BCUT2D eigenvalue weighted by Crippen LogP contribution is -2.42. The number of fused-ring (bicyclic) bond motifs is 10.